The summed E-state index contributed by atoms with van der Waals surface area (Å²) in [5, 5.41) is 2.70. The SMILES string of the molecule is COc1ccc(OCCNC(=O)c2cccc(N3C(=O)CCS3(=O)=O)c2)cc1. The summed E-state index contributed by atoms with van der Waals surface area (Å²) in [4.78, 5) is 24.2. The maximum absolute atomic E-state index is 12.3. The van der Waals surface area contributed by atoms with Gasteiger partial charge in [0.25, 0.3) is 5.91 Å². The van der Waals surface area contributed by atoms with Crippen molar-refractivity contribution in [3.8, 4) is 11.5 Å². The number of benzene rings is 2. The summed E-state index contributed by atoms with van der Waals surface area (Å²) in [6.45, 7) is 0.521. The van der Waals surface area contributed by atoms with Gasteiger partial charge in [0, 0.05) is 12.0 Å². The van der Waals surface area contributed by atoms with Crippen LogP contribution in [0.15, 0.2) is 48.5 Å². The van der Waals surface area contributed by atoms with Crippen LogP contribution in [0, 0.1) is 0 Å². The van der Waals surface area contributed by atoms with Crippen molar-refractivity contribution in [1.82, 2.24) is 5.32 Å². The van der Waals surface area contributed by atoms with Gasteiger partial charge in [-0.3, -0.25) is 9.59 Å². The molecule has 1 aliphatic rings. The normalized spacial score (nSPS) is 15.3. The first-order valence-corrected chi connectivity index (χ1v) is 10.2. The van der Waals surface area contributed by atoms with Crippen LogP contribution in [0.5, 0.6) is 11.5 Å². The molecule has 3 rings (SSSR count). The molecule has 1 N–H and O–H groups in total. The van der Waals surface area contributed by atoms with Crippen LogP contribution in [0.25, 0.3) is 0 Å². The molecular formula is C19H20N2O6S. The number of nitrogens with zero attached hydrogens (tertiary/aromatic N) is 1. The largest absolute Gasteiger partial charge is 0.497 e. The molecule has 0 saturated carbocycles. The quantitative estimate of drug-likeness (QED) is 0.703. The Hall–Kier alpha value is -3.07. The number of rotatable bonds is 7. The number of amides is 2. The summed E-state index contributed by atoms with van der Waals surface area (Å²) in [6.07, 6.45) is -0.0541. The lowest BCUT2D eigenvalue weighted by Gasteiger charge is -2.15. The second-order valence-corrected chi connectivity index (χ2v) is 7.99. The summed E-state index contributed by atoms with van der Waals surface area (Å²) < 4.78 is 35.4. The second kappa shape index (κ2) is 8.30. The summed E-state index contributed by atoms with van der Waals surface area (Å²) in [7, 11) is -2.09. The van der Waals surface area contributed by atoms with E-state index in [-0.39, 0.29) is 42.5 Å². The molecule has 0 bridgehead atoms. The predicted octanol–water partition coefficient (Wildman–Crippen LogP) is 1.57. The van der Waals surface area contributed by atoms with Gasteiger partial charge in [-0.05, 0) is 42.5 Å². The maximum Gasteiger partial charge on any atom is 0.251 e. The summed E-state index contributed by atoms with van der Waals surface area (Å²) in [5.41, 5.74) is 0.432. The molecule has 28 heavy (non-hydrogen) atoms. The van der Waals surface area contributed by atoms with Gasteiger partial charge in [-0.25, -0.2) is 12.7 Å². The van der Waals surface area contributed by atoms with Crippen molar-refractivity contribution < 1.29 is 27.5 Å². The van der Waals surface area contributed by atoms with E-state index in [1.165, 1.54) is 12.1 Å². The first-order chi connectivity index (χ1) is 13.4. The van der Waals surface area contributed by atoms with Gasteiger partial charge >= 0.3 is 0 Å². The maximum atomic E-state index is 12.3. The fourth-order valence-corrected chi connectivity index (χ4v) is 4.20. The van der Waals surface area contributed by atoms with E-state index in [0.29, 0.717) is 5.75 Å². The molecule has 2 aromatic rings. The van der Waals surface area contributed by atoms with Crippen LogP contribution in [0.1, 0.15) is 16.8 Å². The Morgan fingerprint density at radius 2 is 1.86 bits per heavy atom. The molecule has 9 heteroatoms. The molecule has 0 aliphatic carbocycles. The molecule has 0 atom stereocenters. The summed E-state index contributed by atoms with van der Waals surface area (Å²) >= 11 is 0. The van der Waals surface area contributed by atoms with Gasteiger partial charge in [-0.2, -0.15) is 0 Å². The van der Waals surface area contributed by atoms with E-state index < -0.39 is 15.9 Å². The van der Waals surface area contributed by atoms with Crippen LogP contribution < -0.4 is 19.1 Å². The monoisotopic (exact) mass is 404 g/mol. The number of nitrogens with one attached hydrogen (secondary N) is 1. The average molecular weight is 404 g/mol. The molecule has 0 spiro atoms. The van der Waals surface area contributed by atoms with E-state index in [4.69, 9.17) is 9.47 Å². The zero-order valence-corrected chi connectivity index (χ0v) is 16.1. The van der Waals surface area contributed by atoms with Gasteiger partial charge in [0.1, 0.15) is 18.1 Å². The molecule has 1 heterocycles. The lowest BCUT2D eigenvalue weighted by molar-refractivity contribution is -0.116. The number of ether oxygens (including phenoxy) is 2. The molecule has 148 valence electrons. The first-order valence-electron chi connectivity index (χ1n) is 8.62. The highest BCUT2D eigenvalue weighted by atomic mass is 32.2. The van der Waals surface area contributed by atoms with Crippen LogP contribution >= 0.6 is 0 Å². The van der Waals surface area contributed by atoms with E-state index in [1.807, 2.05) is 0 Å². The van der Waals surface area contributed by atoms with E-state index in [1.54, 1.807) is 43.5 Å². The van der Waals surface area contributed by atoms with Gasteiger partial charge in [-0.15, -0.1) is 0 Å². The second-order valence-electron chi connectivity index (χ2n) is 6.05. The molecule has 0 unspecified atom stereocenters. The molecule has 1 fully saturated rings. The highest BCUT2D eigenvalue weighted by Gasteiger charge is 2.36. The van der Waals surface area contributed by atoms with Gasteiger partial charge in [0.05, 0.1) is 25.1 Å². The minimum Gasteiger partial charge on any atom is -0.497 e. The van der Waals surface area contributed by atoms with Crippen molar-refractivity contribution in [2.45, 2.75) is 6.42 Å². The van der Waals surface area contributed by atoms with Crippen molar-refractivity contribution in [2.24, 2.45) is 0 Å². The molecular weight excluding hydrogens is 384 g/mol. The fourth-order valence-electron chi connectivity index (χ4n) is 2.75. The smallest absolute Gasteiger partial charge is 0.251 e. The Morgan fingerprint density at radius 1 is 1.14 bits per heavy atom. The molecule has 2 aromatic carbocycles. The van der Waals surface area contributed by atoms with Gasteiger partial charge in [0.15, 0.2) is 0 Å². The number of sulfonamides is 1. The Bertz CT molecular complexity index is 972. The molecule has 1 saturated heterocycles. The van der Waals surface area contributed by atoms with Gasteiger partial charge in [-0.1, -0.05) is 6.07 Å². The Morgan fingerprint density at radius 3 is 2.50 bits per heavy atom. The van der Waals surface area contributed by atoms with Gasteiger partial charge in [0.2, 0.25) is 15.9 Å². The number of hydrogen-bond acceptors (Lipinski definition) is 6. The molecule has 2 amide bonds. The molecule has 8 nitrogen and oxygen atoms in total. The third kappa shape index (κ3) is 4.42. The van der Waals surface area contributed by atoms with E-state index in [2.05, 4.69) is 5.32 Å². The van der Waals surface area contributed by atoms with E-state index in [0.717, 1.165) is 10.1 Å². The lowest BCUT2D eigenvalue weighted by Crippen LogP contribution is -2.30. The van der Waals surface area contributed by atoms with E-state index in [9.17, 15) is 18.0 Å². The molecule has 0 aromatic heterocycles. The van der Waals surface area contributed by atoms with Crippen LogP contribution in [-0.4, -0.2) is 46.2 Å². The van der Waals surface area contributed by atoms with Crippen LogP contribution in [0.4, 0.5) is 5.69 Å². The Balaban J connectivity index is 1.56. The van der Waals surface area contributed by atoms with Gasteiger partial charge < -0.3 is 14.8 Å². The zero-order valence-electron chi connectivity index (χ0n) is 15.3. The van der Waals surface area contributed by atoms with Crippen molar-refractivity contribution in [2.75, 3.05) is 30.3 Å². The number of carbonyl (C=O) groups is 2. The van der Waals surface area contributed by atoms with Crippen molar-refractivity contribution in [1.29, 1.82) is 0 Å². The third-order valence-corrected chi connectivity index (χ3v) is 5.83. The topological polar surface area (TPSA) is 102 Å². The first kappa shape index (κ1) is 19.7. The highest BCUT2D eigenvalue weighted by molar-refractivity contribution is 7.94. The van der Waals surface area contributed by atoms with Crippen LogP contribution in [0.2, 0.25) is 0 Å². The highest BCUT2D eigenvalue weighted by Crippen LogP contribution is 2.25. The Labute approximate surface area is 163 Å². The lowest BCUT2D eigenvalue weighted by atomic mass is 10.2. The van der Waals surface area contributed by atoms with Crippen LogP contribution in [-0.2, 0) is 14.8 Å². The fraction of sp³-hybridized carbons (Fsp3) is 0.263. The number of carbonyl (C=O) groups excluding carboxylic acids is 2. The van der Waals surface area contributed by atoms with Crippen LogP contribution in [0.3, 0.4) is 0 Å². The number of anilines is 1. The average Bonchev–Trinajstić information content (AvgIpc) is 2.98. The third-order valence-electron chi connectivity index (χ3n) is 4.14. The number of methoxy groups -OCH3 is 1. The van der Waals surface area contributed by atoms with E-state index >= 15 is 0 Å². The van der Waals surface area contributed by atoms with Crippen molar-refractivity contribution in [3.05, 3.63) is 54.1 Å². The Kier molecular flexibility index (Phi) is 5.84. The standard InChI is InChI=1S/C19H20N2O6S/c1-26-16-5-7-17(8-6-16)27-11-10-20-19(23)14-3-2-4-15(13-14)21-18(22)9-12-28(21,24)25/h2-8,13H,9-12H2,1H3,(H,20,23). The number of hydrogen-bond donors (Lipinski definition) is 1. The molecule has 0 radical (unpaired) electrons. The van der Waals surface area contributed by atoms with Crippen molar-refractivity contribution >= 4 is 27.5 Å². The predicted molar refractivity (Wildman–Crippen MR) is 103 cm³/mol. The summed E-state index contributed by atoms with van der Waals surface area (Å²) in [6, 6.07) is 13.0. The zero-order chi connectivity index (χ0) is 20.1. The molecule has 1 aliphatic heterocycles. The minimum atomic E-state index is -3.67. The van der Waals surface area contributed by atoms with Crippen molar-refractivity contribution in [3.63, 3.8) is 0 Å². The summed E-state index contributed by atoms with van der Waals surface area (Å²) in [5.74, 6) is 0.272. The minimum absolute atomic E-state index is 0.0541.